The Kier molecular flexibility index (Phi) is 6.87. The summed E-state index contributed by atoms with van der Waals surface area (Å²) in [5, 5.41) is 12.1. The molecule has 0 atom stereocenters. The Morgan fingerprint density at radius 2 is 1.90 bits per heavy atom. The molecule has 1 heterocycles. The minimum absolute atomic E-state index is 0.0457. The van der Waals surface area contributed by atoms with Gasteiger partial charge in [0.1, 0.15) is 12.3 Å². The predicted molar refractivity (Wildman–Crippen MR) is 111 cm³/mol. The first-order chi connectivity index (χ1) is 14.4. The maximum absolute atomic E-state index is 12.5. The summed E-state index contributed by atoms with van der Waals surface area (Å²) < 4.78 is 6.46. The summed E-state index contributed by atoms with van der Waals surface area (Å²) >= 11 is 0. The van der Waals surface area contributed by atoms with Crippen molar-refractivity contribution in [3.63, 3.8) is 0 Å². The SMILES string of the molecule is COc1ccc(-c2cn(CC(=O)NCC3(CC(=O)O)CCCCC3)c(=O)cn2)cc1. The number of carbonyl (C=O) groups excluding carboxylic acids is 1. The lowest BCUT2D eigenvalue weighted by Gasteiger charge is -2.36. The summed E-state index contributed by atoms with van der Waals surface area (Å²) in [6.07, 6.45) is 7.40. The molecule has 0 aliphatic heterocycles. The van der Waals surface area contributed by atoms with Crippen LogP contribution in [0.4, 0.5) is 0 Å². The zero-order chi connectivity index (χ0) is 21.6. The lowest BCUT2D eigenvalue weighted by Crippen LogP contribution is -2.42. The highest BCUT2D eigenvalue weighted by molar-refractivity contribution is 5.76. The number of carboxylic acids is 1. The number of nitrogens with one attached hydrogen (secondary N) is 1. The molecule has 8 nitrogen and oxygen atoms in total. The first-order valence-corrected chi connectivity index (χ1v) is 10.1. The third-order valence-corrected chi connectivity index (χ3v) is 5.68. The van der Waals surface area contributed by atoms with E-state index in [1.54, 1.807) is 25.4 Å². The van der Waals surface area contributed by atoms with E-state index in [-0.39, 0.29) is 24.4 Å². The normalized spacial score (nSPS) is 15.4. The van der Waals surface area contributed by atoms with Gasteiger partial charge in [-0.1, -0.05) is 19.3 Å². The van der Waals surface area contributed by atoms with Crippen molar-refractivity contribution in [1.82, 2.24) is 14.9 Å². The van der Waals surface area contributed by atoms with Gasteiger partial charge in [0.2, 0.25) is 5.91 Å². The number of benzene rings is 1. The number of hydrogen-bond donors (Lipinski definition) is 2. The molecule has 0 spiro atoms. The van der Waals surface area contributed by atoms with E-state index in [1.807, 2.05) is 12.1 Å². The lowest BCUT2D eigenvalue weighted by molar-refractivity contribution is -0.140. The van der Waals surface area contributed by atoms with Crippen molar-refractivity contribution in [3.05, 3.63) is 47.0 Å². The van der Waals surface area contributed by atoms with E-state index < -0.39 is 11.4 Å². The van der Waals surface area contributed by atoms with Crippen molar-refractivity contribution in [2.75, 3.05) is 13.7 Å². The molecule has 0 saturated heterocycles. The Hall–Kier alpha value is -3.16. The molecule has 1 amide bonds. The quantitative estimate of drug-likeness (QED) is 0.688. The van der Waals surface area contributed by atoms with Gasteiger partial charge < -0.3 is 19.7 Å². The zero-order valence-corrected chi connectivity index (χ0v) is 17.1. The average molecular weight is 413 g/mol. The maximum Gasteiger partial charge on any atom is 0.303 e. The summed E-state index contributed by atoms with van der Waals surface area (Å²) in [6.45, 7) is 0.164. The lowest BCUT2D eigenvalue weighted by atomic mass is 9.71. The smallest absolute Gasteiger partial charge is 0.303 e. The average Bonchev–Trinajstić information content (AvgIpc) is 2.74. The van der Waals surface area contributed by atoms with Crippen molar-refractivity contribution in [2.24, 2.45) is 5.41 Å². The van der Waals surface area contributed by atoms with Crippen LogP contribution in [0.5, 0.6) is 5.75 Å². The first-order valence-electron chi connectivity index (χ1n) is 10.1. The summed E-state index contributed by atoms with van der Waals surface area (Å²) in [5.41, 5.74) is 0.588. The van der Waals surface area contributed by atoms with E-state index in [9.17, 15) is 19.5 Å². The van der Waals surface area contributed by atoms with Gasteiger partial charge in [0.25, 0.3) is 5.56 Å². The fourth-order valence-corrected chi connectivity index (χ4v) is 4.01. The molecule has 0 unspecified atom stereocenters. The monoisotopic (exact) mass is 413 g/mol. The Morgan fingerprint density at radius 3 is 2.53 bits per heavy atom. The number of aromatic nitrogens is 2. The van der Waals surface area contributed by atoms with Crippen molar-refractivity contribution in [2.45, 2.75) is 45.1 Å². The van der Waals surface area contributed by atoms with Crippen LogP contribution in [0.1, 0.15) is 38.5 Å². The number of carbonyl (C=O) groups is 2. The molecule has 2 N–H and O–H groups in total. The van der Waals surface area contributed by atoms with E-state index in [2.05, 4.69) is 10.3 Å². The van der Waals surface area contributed by atoms with E-state index in [0.29, 0.717) is 18.0 Å². The Labute approximate surface area is 174 Å². The number of ether oxygens (including phenoxy) is 1. The second-order valence-corrected chi connectivity index (χ2v) is 7.88. The van der Waals surface area contributed by atoms with Crippen molar-refractivity contribution in [1.29, 1.82) is 0 Å². The van der Waals surface area contributed by atoms with Crippen LogP contribution in [-0.4, -0.2) is 40.2 Å². The molecule has 8 heteroatoms. The molecule has 1 aromatic heterocycles. The minimum Gasteiger partial charge on any atom is -0.497 e. The zero-order valence-electron chi connectivity index (χ0n) is 17.1. The fraction of sp³-hybridized carbons (Fsp3) is 0.455. The largest absolute Gasteiger partial charge is 0.497 e. The van der Waals surface area contributed by atoms with E-state index in [0.717, 1.165) is 37.7 Å². The van der Waals surface area contributed by atoms with Gasteiger partial charge in [-0.2, -0.15) is 0 Å². The van der Waals surface area contributed by atoms with Crippen LogP contribution in [-0.2, 0) is 16.1 Å². The highest BCUT2D eigenvalue weighted by atomic mass is 16.5. The van der Waals surface area contributed by atoms with Gasteiger partial charge in [0, 0.05) is 18.3 Å². The van der Waals surface area contributed by atoms with Crippen LogP contribution >= 0.6 is 0 Å². The molecule has 1 aliphatic carbocycles. The molecule has 1 fully saturated rings. The molecule has 2 aromatic rings. The molecule has 0 bridgehead atoms. The summed E-state index contributed by atoms with van der Waals surface area (Å²) in [7, 11) is 1.58. The van der Waals surface area contributed by atoms with Crippen molar-refractivity contribution in [3.8, 4) is 17.0 Å². The molecule has 1 saturated carbocycles. The number of hydrogen-bond acceptors (Lipinski definition) is 5. The van der Waals surface area contributed by atoms with Crippen LogP contribution in [0.15, 0.2) is 41.5 Å². The van der Waals surface area contributed by atoms with Gasteiger partial charge in [-0.3, -0.25) is 14.4 Å². The fourth-order valence-electron chi connectivity index (χ4n) is 4.01. The molecule has 3 rings (SSSR count). The maximum atomic E-state index is 12.5. The number of rotatable bonds is 8. The summed E-state index contributed by atoms with van der Waals surface area (Å²) in [5.74, 6) is -0.454. The Balaban J connectivity index is 1.68. The van der Waals surface area contributed by atoms with Gasteiger partial charge in [-0.25, -0.2) is 4.98 Å². The van der Waals surface area contributed by atoms with Gasteiger partial charge >= 0.3 is 5.97 Å². The van der Waals surface area contributed by atoms with Gasteiger partial charge in [0.05, 0.1) is 25.4 Å². The number of nitrogens with zero attached hydrogens (tertiary/aromatic N) is 2. The van der Waals surface area contributed by atoms with Crippen LogP contribution in [0.25, 0.3) is 11.3 Å². The van der Waals surface area contributed by atoms with Crippen LogP contribution in [0, 0.1) is 5.41 Å². The van der Waals surface area contributed by atoms with Gasteiger partial charge in [0.15, 0.2) is 0 Å². The molecule has 30 heavy (non-hydrogen) atoms. The standard InChI is InChI=1S/C22H27N3O5/c1-30-17-7-5-16(6-8-17)18-13-25(20(27)12-23-18)14-19(26)24-15-22(11-21(28)29)9-3-2-4-10-22/h5-8,12-13H,2-4,9-11,14-15H2,1H3,(H,24,26)(H,28,29). The van der Waals surface area contributed by atoms with Gasteiger partial charge in [-0.15, -0.1) is 0 Å². The third kappa shape index (κ3) is 5.46. The third-order valence-electron chi connectivity index (χ3n) is 5.68. The molecule has 0 radical (unpaired) electrons. The van der Waals surface area contributed by atoms with E-state index in [1.165, 1.54) is 10.8 Å². The van der Waals surface area contributed by atoms with Crippen LogP contribution < -0.4 is 15.6 Å². The van der Waals surface area contributed by atoms with Gasteiger partial charge in [-0.05, 0) is 42.5 Å². The predicted octanol–water partition coefficient (Wildman–Crippen LogP) is 2.46. The molecular weight excluding hydrogens is 386 g/mol. The minimum atomic E-state index is -0.847. The Morgan fingerprint density at radius 1 is 1.20 bits per heavy atom. The summed E-state index contributed by atoms with van der Waals surface area (Å²) in [4.78, 5) is 40.1. The Bertz CT molecular complexity index is 946. The molecule has 1 aromatic carbocycles. The van der Waals surface area contributed by atoms with Crippen molar-refractivity contribution >= 4 is 11.9 Å². The van der Waals surface area contributed by atoms with Crippen LogP contribution in [0.2, 0.25) is 0 Å². The first kappa shape index (κ1) is 21.5. The summed E-state index contributed by atoms with van der Waals surface area (Å²) in [6, 6.07) is 7.25. The van der Waals surface area contributed by atoms with E-state index >= 15 is 0 Å². The van der Waals surface area contributed by atoms with Crippen molar-refractivity contribution < 1.29 is 19.4 Å². The second kappa shape index (κ2) is 9.56. The molecule has 1 aliphatic rings. The highest BCUT2D eigenvalue weighted by Gasteiger charge is 2.34. The van der Waals surface area contributed by atoms with E-state index in [4.69, 9.17) is 4.74 Å². The number of aliphatic carboxylic acids is 1. The van der Waals surface area contributed by atoms with Crippen LogP contribution in [0.3, 0.4) is 0 Å². The second-order valence-electron chi connectivity index (χ2n) is 7.88. The number of methoxy groups -OCH3 is 1. The topological polar surface area (TPSA) is 111 Å². The number of amides is 1. The number of carboxylic acid groups (broad SMARTS) is 1. The highest BCUT2D eigenvalue weighted by Crippen LogP contribution is 2.38. The molecule has 160 valence electrons. The molecular formula is C22H27N3O5.